The number of carbonyl (C=O) groups is 1. The van der Waals surface area contributed by atoms with Crippen LogP contribution in [0.25, 0.3) is 11.0 Å². The highest BCUT2D eigenvalue weighted by atomic mass is 19.3. The molecule has 0 fully saturated rings. The van der Waals surface area contributed by atoms with E-state index in [0.717, 1.165) is 16.5 Å². The number of hydrogen-bond donors (Lipinski definition) is 1. The molecule has 6 heteroatoms. The largest absolute Gasteiger partial charge is 0.459 e. The van der Waals surface area contributed by atoms with Crippen LogP contribution < -0.4 is 10.1 Å². The summed E-state index contributed by atoms with van der Waals surface area (Å²) < 4.78 is 34.1. The van der Waals surface area contributed by atoms with Gasteiger partial charge in [0.15, 0.2) is 0 Å². The van der Waals surface area contributed by atoms with Gasteiger partial charge in [0.05, 0.1) is 6.54 Å². The molecule has 2 aromatic carbocycles. The molecule has 1 amide bonds. The van der Waals surface area contributed by atoms with Gasteiger partial charge in [-0.05, 0) is 36.2 Å². The van der Waals surface area contributed by atoms with Crippen molar-refractivity contribution in [2.45, 2.75) is 26.0 Å². The maximum absolute atomic E-state index is 12.1. The van der Waals surface area contributed by atoms with E-state index in [1.165, 1.54) is 12.1 Å². The van der Waals surface area contributed by atoms with Gasteiger partial charge in [0.1, 0.15) is 17.1 Å². The van der Waals surface area contributed by atoms with E-state index < -0.39 is 6.61 Å². The molecule has 3 rings (SSSR count). The van der Waals surface area contributed by atoms with Crippen molar-refractivity contribution in [1.29, 1.82) is 0 Å². The minimum Gasteiger partial charge on any atom is -0.459 e. The third kappa shape index (κ3) is 4.79. The second-order valence-corrected chi connectivity index (χ2v) is 5.55. The number of amides is 1. The molecule has 0 atom stereocenters. The number of halogens is 2. The lowest BCUT2D eigenvalue weighted by molar-refractivity contribution is -0.121. The van der Waals surface area contributed by atoms with Crippen LogP contribution in [0.15, 0.2) is 59.0 Å². The van der Waals surface area contributed by atoms with Gasteiger partial charge in [-0.15, -0.1) is 0 Å². The molecular formula is C19H17F2NO3. The molecule has 0 aliphatic heterocycles. The van der Waals surface area contributed by atoms with Gasteiger partial charge in [-0.1, -0.05) is 30.3 Å². The summed E-state index contributed by atoms with van der Waals surface area (Å²) in [5, 5.41) is 3.81. The minimum atomic E-state index is -2.84. The summed E-state index contributed by atoms with van der Waals surface area (Å²) in [7, 11) is 0. The van der Waals surface area contributed by atoms with Crippen LogP contribution in [0.3, 0.4) is 0 Å². The second kappa shape index (κ2) is 7.79. The fourth-order valence-electron chi connectivity index (χ4n) is 2.49. The van der Waals surface area contributed by atoms with Gasteiger partial charge in [-0.25, -0.2) is 0 Å². The van der Waals surface area contributed by atoms with Crippen LogP contribution in [0.2, 0.25) is 0 Å². The molecule has 0 saturated heterocycles. The average Bonchev–Trinajstić information content (AvgIpc) is 3.02. The average molecular weight is 345 g/mol. The van der Waals surface area contributed by atoms with Gasteiger partial charge in [0.25, 0.3) is 0 Å². The van der Waals surface area contributed by atoms with Crippen LogP contribution in [0, 0.1) is 0 Å². The number of alkyl halides is 2. The Morgan fingerprint density at radius 3 is 2.60 bits per heavy atom. The Bertz CT molecular complexity index is 810. The first-order valence-electron chi connectivity index (χ1n) is 7.88. The number of fused-ring (bicyclic) bond motifs is 1. The maximum atomic E-state index is 12.1. The standard InChI is InChI=1S/C19H17F2NO3/c20-19(21)25-15-8-5-13(6-9-15)7-10-18(23)22-12-16-11-14-3-1-2-4-17(14)24-16/h1-6,8-9,11,19H,7,10,12H2,(H,22,23). The molecular weight excluding hydrogens is 328 g/mol. The zero-order valence-corrected chi connectivity index (χ0v) is 13.4. The van der Waals surface area contributed by atoms with Crippen LogP contribution >= 0.6 is 0 Å². The number of nitrogens with one attached hydrogen (secondary N) is 1. The third-order valence-electron chi connectivity index (χ3n) is 3.73. The minimum absolute atomic E-state index is 0.103. The Morgan fingerprint density at radius 2 is 1.88 bits per heavy atom. The number of para-hydroxylation sites is 1. The molecule has 0 aliphatic carbocycles. The summed E-state index contributed by atoms with van der Waals surface area (Å²) in [6.07, 6.45) is 0.816. The molecule has 0 bridgehead atoms. The summed E-state index contributed by atoms with van der Waals surface area (Å²) >= 11 is 0. The van der Waals surface area contributed by atoms with E-state index in [9.17, 15) is 13.6 Å². The number of rotatable bonds is 7. The van der Waals surface area contributed by atoms with Gasteiger partial charge in [-0.2, -0.15) is 8.78 Å². The molecule has 0 unspecified atom stereocenters. The number of ether oxygens (including phenoxy) is 1. The van der Waals surface area contributed by atoms with Gasteiger partial charge in [-0.3, -0.25) is 4.79 Å². The van der Waals surface area contributed by atoms with E-state index in [0.29, 0.717) is 25.1 Å². The van der Waals surface area contributed by atoms with Crippen LogP contribution in [-0.2, 0) is 17.8 Å². The lowest BCUT2D eigenvalue weighted by Gasteiger charge is -2.06. The molecule has 0 spiro atoms. The lowest BCUT2D eigenvalue weighted by atomic mass is 10.1. The monoisotopic (exact) mass is 345 g/mol. The first-order chi connectivity index (χ1) is 12.1. The molecule has 0 radical (unpaired) electrons. The maximum Gasteiger partial charge on any atom is 0.387 e. The van der Waals surface area contributed by atoms with Crippen LogP contribution in [0.4, 0.5) is 8.78 Å². The fraction of sp³-hybridized carbons (Fsp3) is 0.211. The third-order valence-corrected chi connectivity index (χ3v) is 3.73. The summed E-state index contributed by atoms with van der Waals surface area (Å²) in [5.41, 5.74) is 1.67. The quantitative estimate of drug-likeness (QED) is 0.695. The number of carbonyl (C=O) groups excluding carboxylic acids is 1. The zero-order chi connectivity index (χ0) is 17.6. The molecule has 130 valence electrons. The number of hydrogen-bond acceptors (Lipinski definition) is 3. The molecule has 25 heavy (non-hydrogen) atoms. The summed E-state index contributed by atoms with van der Waals surface area (Å²) in [6, 6.07) is 15.8. The first kappa shape index (κ1) is 17.0. The topological polar surface area (TPSA) is 51.5 Å². The molecule has 3 aromatic rings. The van der Waals surface area contributed by atoms with Crippen LogP contribution in [-0.4, -0.2) is 12.5 Å². The van der Waals surface area contributed by atoms with Crippen molar-refractivity contribution in [2.75, 3.05) is 0 Å². The van der Waals surface area contributed by atoms with Gasteiger partial charge in [0, 0.05) is 11.8 Å². The van der Waals surface area contributed by atoms with Gasteiger partial charge in [0.2, 0.25) is 5.91 Å². The molecule has 1 heterocycles. The normalized spacial score (nSPS) is 11.0. The molecule has 1 N–H and O–H groups in total. The second-order valence-electron chi connectivity index (χ2n) is 5.55. The Labute approximate surface area is 143 Å². The lowest BCUT2D eigenvalue weighted by Crippen LogP contribution is -2.22. The summed E-state index contributed by atoms with van der Waals surface area (Å²) in [6.45, 7) is -2.51. The van der Waals surface area contributed by atoms with Crippen molar-refractivity contribution in [2.24, 2.45) is 0 Å². The van der Waals surface area contributed by atoms with Crippen LogP contribution in [0.1, 0.15) is 17.7 Å². The van der Waals surface area contributed by atoms with Crippen molar-refractivity contribution in [3.8, 4) is 5.75 Å². The number of furan rings is 1. The molecule has 1 aromatic heterocycles. The number of benzene rings is 2. The first-order valence-corrected chi connectivity index (χ1v) is 7.88. The SMILES string of the molecule is O=C(CCc1ccc(OC(F)F)cc1)NCc1cc2ccccc2o1. The Balaban J connectivity index is 1.46. The van der Waals surface area contributed by atoms with Gasteiger partial charge < -0.3 is 14.5 Å². The summed E-state index contributed by atoms with van der Waals surface area (Å²) in [5.74, 6) is 0.699. The zero-order valence-electron chi connectivity index (χ0n) is 13.4. The predicted octanol–water partition coefficient (Wildman–Crippen LogP) is 4.28. The van der Waals surface area contributed by atoms with Crippen molar-refractivity contribution in [1.82, 2.24) is 5.32 Å². The van der Waals surface area contributed by atoms with Crippen molar-refractivity contribution < 1.29 is 22.7 Å². The highest BCUT2D eigenvalue weighted by Gasteiger charge is 2.07. The Hall–Kier alpha value is -2.89. The van der Waals surface area contributed by atoms with Crippen molar-refractivity contribution in [3.05, 3.63) is 65.9 Å². The fourth-order valence-corrected chi connectivity index (χ4v) is 2.49. The van der Waals surface area contributed by atoms with Crippen LogP contribution in [0.5, 0.6) is 5.75 Å². The van der Waals surface area contributed by atoms with E-state index in [4.69, 9.17) is 4.42 Å². The predicted molar refractivity (Wildman–Crippen MR) is 89.5 cm³/mol. The Morgan fingerprint density at radius 1 is 1.12 bits per heavy atom. The highest BCUT2D eigenvalue weighted by molar-refractivity contribution is 5.78. The van der Waals surface area contributed by atoms with E-state index in [2.05, 4.69) is 10.1 Å². The van der Waals surface area contributed by atoms with E-state index in [1.807, 2.05) is 30.3 Å². The van der Waals surface area contributed by atoms with E-state index in [-0.39, 0.29) is 11.7 Å². The van der Waals surface area contributed by atoms with E-state index >= 15 is 0 Å². The number of aryl methyl sites for hydroxylation is 1. The highest BCUT2D eigenvalue weighted by Crippen LogP contribution is 2.19. The molecule has 0 saturated carbocycles. The molecule has 0 aliphatic rings. The van der Waals surface area contributed by atoms with E-state index in [1.54, 1.807) is 12.1 Å². The van der Waals surface area contributed by atoms with Gasteiger partial charge >= 0.3 is 6.61 Å². The summed E-state index contributed by atoms with van der Waals surface area (Å²) in [4.78, 5) is 11.9. The molecule has 4 nitrogen and oxygen atoms in total. The van der Waals surface area contributed by atoms with Crippen molar-refractivity contribution in [3.63, 3.8) is 0 Å². The Kier molecular flexibility index (Phi) is 5.28. The smallest absolute Gasteiger partial charge is 0.387 e. The van der Waals surface area contributed by atoms with Crippen molar-refractivity contribution >= 4 is 16.9 Å².